The molecule has 2 rings (SSSR count). The van der Waals surface area contributed by atoms with Crippen LogP contribution in [0.1, 0.15) is 52.5 Å². The monoisotopic (exact) mass is 250 g/mol. The maximum atomic E-state index is 11.0. The third-order valence-corrected chi connectivity index (χ3v) is 3.86. The van der Waals surface area contributed by atoms with Crippen LogP contribution in [-0.2, 0) is 13.5 Å². The molecule has 0 radical (unpaired) electrons. The first-order chi connectivity index (χ1) is 8.09. The van der Waals surface area contributed by atoms with Crippen molar-refractivity contribution in [3.05, 3.63) is 18.0 Å². The molecule has 1 aromatic rings. The Morgan fingerprint density at radius 2 is 1.72 bits per heavy atom. The quantitative estimate of drug-likeness (QED) is 0.876. The number of aryl methyl sites for hydroxylation is 1. The molecule has 1 saturated carbocycles. The molecule has 1 aromatic heterocycles. The summed E-state index contributed by atoms with van der Waals surface area (Å²) < 4.78 is 1.80. The Hall–Kier alpha value is -0.830. The number of aliphatic hydroxyl groups is 1. The van der Waals surface area contributed by atoms with Gasteiger partial charge in [-0.15, -0.1) is 0 Å². The van der Waals surface area contributed by atoms with Gasteiger partial charge in [0, 0.05) is 19.7 Å². The predicted molar refractivity (Wildman–Crippen MR) is 73.3 cm³/mol. The Bertz CT molecular complexity index is 415. The van der Waals surface area contributed by atoms with Crippen molar-refractivity contribution in [1.82, 2.24) is 9.78 Å². The fourth-order valence-corrected chi connectivity index (χ4v) is 4.33. The number of rotatable bonds is 2. The first-order valence-corrected chi connectivity index (χ1v) is 6.79. The van der Waals surface area contributed by atoms with Crippen LogP contribution in [0.2, 0.25) is 0 Å². The Morgan fingerprint density at radius 1 is 1.17 bits per heavy atom. The molecule has 0 spiro atoms. The average Bonchev–Trinajstić information content (AvgIpc) is 2.42. The summed E-state index contributed by atoms with van der Waals surface area (Å²) >= 11 is 0. The molecule has 0 aromatic carbocycles. The van der Waals surface area contributed by atoms with E-state index in [4.69, 9.17) is 0 Å². The molecule has 3 heteroatoms. The van der Waals surface area contributed by atoms with Gasteiger partial charge in [-0.05, 0) is 35.7 Å². The van der Waals surface area contributed by atoms with Crippen LogP contribution in [-0.4, -0.2) is 20.5 Å². The first kappa shape index (κ1) is 13.6. The van der Waals surface area contributed by atoms with Gasteiger partial charge < -0.3 is 5.11 Å². The molecule has 1 fully saturated rings. The van der Waals surface area contributed by atoms with Crippen LogP contribution in [0.3, 0.4) is 0 Å². The van der Waals surface area contributed by atoms with Gasteiger partial charge in [0.05, 0.1) is 11.8 Å². The fraction of sp³-hybridized carbons (Fsp3) is 0.800. The van der Waals surface area contributed by atoms with Crippen molar-refractivity contribution < 1.29 is 5.11 Å². The van der Waals surface area contributed by atoms with Crippen LogP contribution in [0.5, 0.6) is 0 Å². The summed E-state index contributed by atoms with van der Waals surface area (Å²) in [7, 11) is 1.92. The molecular formula is C15H26N2O. The highest BCUT2D eigenvalue weighted by Gasteiger charge is 2.46. The summed E-state index contributed by atoms with van der Waals surface area (Å²) in [5, 5.41) is 15.2. The molecule has 1 heterocycles. The topological polar surface area (TPSA) is 38.0 Å². The van der Waals surface area contributed by atoms with E-state index in [1.807, 2.05) is 19.4 Å². The van der Waals surface area contributed by atoms with Crippen molar-refractivity contribution in [1.29, 1.82) is 0 Å². The standard InChI is InChI=1S/C15H26N2O/c1-13(2)9-14(3,4)11-15(18,10-13)6-12-7-16-17(5)8-12/h7-8,18H,6,9-11H2,1-5H3. The van der Waals surface area contributed by atoms with Gasteiger partial charge in [-0.3, -0.25) is 4.68 Å². The summed E-state index contributed by atoms with van der Waals surface area (Å²) in [6, 6.07) is 0. The van der Waals surface area contributed by atoms with E-state index in [-0.39, 0.29) is 10.8 Å². The van der Waals surface area contributed by atoms with Gasteiger partial charge in [-0.25, -0.2) is 0 Å². The second-order valence-corrected chi connectivity index (χ2v) is 7.78. The highest BCUT2D eigenvalue weighted by molar-refractivity contribution is 5.11. The summed E-state index contributed by atoms with van der Waals surface area (Å²) in [6.45, 7) is 9.06. The molecule has 102 valence electrons. The minimum atomic E-state index is -0.589. The predicted octanol–water partition coefficient (Wildman–Crippen LogP) is 2.93. The van der Waals surface area contributed by atoms with E-state index in [2.05, 4.69) is 32.8 Å². The van der Waals surface area contributed by atoms with E-state index in [1.54, 1.807) is 4.68 Å². The lowest BCUT2D eigenvalue weighted by Crippen LogP contribution is -2.47. The molecule has 0 aliphatic heterocycles. The molecule has 1 aliphatic rings. The van der Waals surface area contributed by atoms with Gasteiger partial charge in [0.1, 0.15) is 0 Å². The first-order valence-electron chi connectivity index (χ1n) is 6.79. The highest BCUT2D eigenvalue weighted by Crippen LogP contribution is 2.50. The molecule has 0 unspecified atom stereocenters. The van der Waals surface area contributed by atoms with Crippen LogP contribution >= 0.6 is 0 Å². The van der Waals surface area contributed by atoms with E-state index >= 15 is 0 Å². The van der Waals surface area contributed by atoms with E-state index in [9.17, 15) is 5.11 Å². The normalized spacial score (nSPS) is 25.0. The minimum absolute atomic E-state index is 0.207. The maximum absolute atomic E-state index is 11.0. The van der Waals surface area contributed by atoms with Crippen LogP contribution in [0, 0.1) is 10.8 Å². The number of hydrogen-bond acceptors (Lipinski definition) is 2. The number of hydrogen-bond donors (Lipinski definition) is 1. The van der Waals surface area contributed by atoms with Gasteiger partial charge in [0.2, 0.25) is 0 Å². The highest BCUT2D eigenvalue weighted by atomic mass is 16.3. The largest absolute Gasteiger partial charge is 0.390 e. The second-order valence-electron chi connectivity index (χ2n) is 7.78. The summed E-state index contributed by atoms with van der Waals surface area (Å²) in [5.41, 5.74) is 0.958. The zero-order valence-electron chi connectivity index (χ0n) is 12.3. The van der Waals surface area contributed by atoms with Gasteiger partial charge in [-0.1, -0.05) is 27.7 Å². The molecule has 0 atom stereocenters. The van der Waals surface area contributed by atoms with Crippen molar-refractivity contribution in [3.8, 4) is 0 Å². The van der Waals surface area contributed by atoms with Crippen molar-refractivity contribution in [3.63, 3.8) is 0 Å². The smallest absolute Gasteiger partial charge is 0.0699 e. The molecule has 0 saturated heterocycles. The molecule has 3 nitrogen and oxygen atoms in total. The SMILES string of the molecule is Cn1cc(CC2(O)CC(C)(C)CC(C)(C)C2)cn1. The summed E-state index contributed by atoms with van der Waals surface area (Å²) in [5.74, 6) is 0. The van der Waals surface area contributed by atoms with Gasteiger partial charge >= 0.3 is 0 Å². The summed E-state index contributed by atoms with van der Waals surface area (Å²) in [6.07, 6.45) is 7.51. The number of aromatic nitrogens is 2. The Balaban J connectivity index is 2.19. The van der Waals surface area contributed by atoms with Gasteiger partial charge in [0.25, 0.3) is 0 Å². The zero-order valence-corrected chi connectivity index (χ0v) is 12.3. The van der Waals surface area contributed by atoms with Gasteiger partial charge in [0.15, 0.2) is 0 Å². The molecule has 1 N–H and O–H groups in total. The van der Waals surface area contributed by atoms with E-state index in [1.165, 1.54) is 6.42 Å². The molecule has 0 bridgehead atoms. The second kappa shape index (κ2) is 4.09. The lowest BCUT2D eigenvalue weighted by molar-refractivity contribution is -0.0851. The lowest BCUT2D eigenvalue weighted by Gasteiger charge is -2.49. The Morgan fingerprint density at radius 3 is 2.17 bits per heavy atom. The van der Waals surface area contributed by atoms with Gasteiger partial charge in [-0.2, -0.15) is 5.10 Å². The minimum Gasteiger partial charge on any atom is -0.390 e. The van der Waals surface area contributed by atoms with E-state index in [0.717, 1.165) is 18.4 Å². The third kappa shape index (κ3) is 3.14. The van der Waals surface area contributed by atoms with Crippen molar-refractivity contribution in [2.45, 2.75) is 59.0 Å². The van der Waals surface area contributed by atoms with Crippen molar-refractivity contribution >= 4 is 0 Å². The third-order valence-electron chi connectivity index (χ3n) is 3.86. The Labute approximate surface area is 110 Å². The van der Waals surface area contributed by atoms with E-state index < -0.39 is 5.60 Å². The number of nitrogens with zero attached hydrogens (tertiary/aromatic N) is 2. The fourth-order valence-electron chi connectivity index (χ4n) is 4.33. The van der Waals surface area contributed by atoms with Crippen molar-refractivity contribution in [2.24, 2.45) is 17.9 Å². The van der Waals surface area contributed by atoms with Crippen LogP contribution in [0.4, 0.5) is 0 Å². The molecule has 18 heavy (non-hydrogen) atoms. The van der Waals surface area contributed by atoms with Crippen molar-refractivity contribution in [2.75, 3.05) is 0 Å². The molecule has 1 aliphatic carbocycles. The summed E-state index contributed by atoms with van der Waals surface area (Å²) in [4.78, 5) is 0. The molecular weight excluding hydrogens is 224 g/mol. The van der Waals surface area contributed by atoms with Crippen LogP contribution < -0.4 is 0 Å². The average molecular weight is 250 g/mol. The van der Waals surface area contributed by atoms with Crippen LogP contribution in [0.25, 0.3) is 0 Å². The van der Waals surface area contributed by atoms with Crippen LogP contribution in [0.15, 0.2) is 12.4 Å². The maximum Gasteiger partial charge on any atom is 0.0699 e. The molecule has 0 amide bonds. The zero-order chi connectivity index (χ0) is 13.6. The lowest BCUT2D eigenvalue weighted by atomic mass is 9.58. The Kier molecular flexibility index (Phi) is 3.09. The van der Waals surface area contributed by atoms with E-state index in [0.29, 0.717) is 6.42 Å².